The summed E-state index contributed by atoms with van der Waals surface area (Å²) >= 11 is 2.09. The fourth-order valence-electron chi connectivity index (χ4n) is 3.06. The maximum Gasteiger partial charge on any atom is 0.0139 e. The number of thioether (sulfide) groups is 1. The maximum atomic E-state index is 3.45. The minimum absolute atomic E-state index is 0.777. The average molecular weight is 247 g/mol. The summed E-state index contributed by atoms with van der Waals surface area (Å²) in [4.78, 5) is 1.61. The number of benzene rings is 1. The largest absolute Gasteiger partial charge is 0.317 e. The van der Waals surface area contributed by atoms with E-state index >= 15 is 0 Å². The number of hydrogen-bond acceptors (Lipinski definition) is 2. The highest BCUT2D eigenvalue weighted by Crippen LogP contribution is 2.40. The molecule has 0 saturated carbocycles. The highest BCUT2D eigenvalue weighted by molar-refractivity contribution is 8.00. The third-order valence-electron chi connectivity index (χ3n) is 3.97. The second-order valence-corrected chi connectivity index (χ2v) is 6.88. The van der Waals surface area contributed by atoms with E-state index in [2.05, 4.69) is 42.2 Å². The van der Waals surface area contributed by atoms with E-state index in [0.29, 0.717) is 0 Å². The van der Waals surface area contributed by atoms with E-state index in [1.165, 1.54) is 38.8 Å². The molecule has 1 N–H and O–H groups in total. The summed E-state index contributed by atoms with van der Waals surface area (Å²) in [6.45, 7) is 4.77. The zero-order valence-corrected chi connectivity index (χ0v) is 11.4. The van der Waals surface area contributed by atoms with Gasteiger partial charge in [-0.05, 0) is 55.8 Å². The van der Waals surface area contributed by atoms with Crippen molar-refractivity contribution in [2.24, 2.45) is 5.92 Å². The first kappa shape index (κ1) is 11.6. The molecule has 0 bridgehead atoms. The van der Waals surface area contributed by atoms with Crippen molar-refractivity contribution in [1.29, 1.82) is 0 Å². The SMILES string of the molecule is CC1Cc2cccc(CC3CCNCC3)c2S1. The Morgan fingerprint density at radius 3 is 2.94 bits per heavy atom. The van der Waals surface area contributed by atoms with Crippen molar-refractivity contribution in [3.8, 4) is 0 Å². The number of nitrogens with one attached hydrogen (secondary N) is 1. The van der Waals surface area contributed by atoms with Gasteiger partial charge in [-0.1, -0.05) is 25.1 Å². The quantitative estimate of drug-likeness (QED) is 0.861. The Bertz CT molecular complexity index is 396. The molecule has 92 valence electrons. The molecule has 2 aliphatic heterocycles. The molecule has 0 spiro atoms. The highest BCUT2D eigenvalue weighted by atomic mass is 32.2. The molecule has 0 radical (unpaired) electrons. The third-order valence-corrected chi connectivity index (χ3v) is 5.30. The van der Waals surface area contributed by atoms with E-state index in [0.717, 1.165) is 11.2 Å². The van der Waals surface area contributed by atoms with Crippen LogP contribution in [0.4, 0.5) is 0 Å². The van der Waals surface area contributed by atoms with Gasteiger partial charge >= 0.3 is 0 Å². The molecule has 2 heteroatoms. The van der Waals surface area contributed by atoms with Crippen LogP contribution in [0, 0.1) is 5.92 Å². The fraction of sp³-hybridized carbons (Fsp3) is 0.600. The molecule has 17 heavy (non-hydrogen) atoms. The van der Waals surface area contributed by atoms with Crippen LogP contribution in [0.1, 0.15) is 30.9 Å². The van der Waals surface area contributed by atoms with Crippen molar-refractivity contribution in [1.82, 2.24) is 5.32 Å². The summed E-state index contributed by atoms with van der Waals surface area (Å²) < 4.78 is 0. The van der Waals surface area contributed by atoms with Crippen LogP contribution >= 0.6 is 11.8 Å². The van der Waals surface area contributed by atoms with Gasteiger partial charge in [0.15, 0.2) is 0 Å². The minimum Gasteiger partial charge on any atom is -0.317 e. The molecule has 0 aromatic heterocycles. The predicted octanol–water partition coefficient (Wildman–Crippen LogP) is 3.27. The van der Waals surface area contributed by atoms with Crippen LogP contribution in [0.3, 0.4) is 0 Å². The van der Waals surface area contributed by atoms with Crippen molar-refractivity contribution >= 4 is 11.8 Å². The molecule has 1 nitrogen and oxygen atoms in total. The Hall–Kier alpha value is -0.470. The van der Waals surface area contributed by atoms with Crippen molar-refractivity contribution in [2.75, 3.05) is 13.1 Å². The molecule has 2 heterocycles. The smallest absolute Gasteiger partial charge is 0.0139 e. The lowest BCUT2D eigenvalue weighted by Crippen LogP contribution is -2.28. The Morgan fingerprint density at radius 1 is 1.29 bits per heavy atom. The topological polar surface area (TPSA) is 12.0 Å². The van der Waals surface area contributed by atoms with Gasteiger partial charge in [0.1, 0.15) is 0 Å². The van der Waals surface area contributed by atoms with Gasteiger partial charge < -0.3 is 5.32 Å². The highest BCUT2D eigenvalue weighted by Gasteiger charge is 2.23. The second kappa shape index (κ2) is 5.03. The van der Waals surface area contributed by atoms with E-state index in [1.807, 2.05) is 0 Å². The summed E-state index contributed by atoms with van der Waals surface area (Å²) in [6, 6.07) is 6.93. The van der Waals surface area contributed by atoms with E-state index < -0.39 is 0 Å². The van der Waals surface area contributed by atoms with Crippen LogP contribution in [0.15, 0.2) is 23.1 Å². The van der Waals surface area contributed by atoms with Crippen LogP contribution in [0.5, 0.6) is 0 Å². The molecule has 1 fully saturated rings. The van der Waals surface area contributed by atoms with E-state index in [9.17, 15) is 0 Å². The molecule has 1 aromatic carbocycles. The summed E-state index contributed by atoms with van der Waals surface area (Å²) in [5.74, 6) is 0.902. The van der Waals surface area contributed by atoms with Gasteiger partial charge in [0.25, 0.3) is 0 Å². The maximum absolute atomic E-state index is 3.45. The second-order valence-electron chi connectivity index (χ2n) is 5.44. The lowest BCUT2D eigenvalue weighted by atomic mass is 9.90. The molecule has 1 atom stereocenters. The van der Waals surface area contributed by atoms with Crippen molar-refractivity contribution in [3.63, 3.8) is 0 Å². The first-order valence-electron chi connectivity index (χ1n) is 6.81. The Balaban J connectivity index is 1.77. The molecular formula is C15H21NS. The molecule has 0 aliphatic carbocycles. The average Bonchev–Trinajstić information content (AvgIpc) is 2.72. The van der Waals surface area contributed by atoms with E-state index in [1.54, 1.807) is 16.0 Å². The Kier molecular flexibility index (Phi) is 3.44. The molecular weight excluding hydrogens is 226 g/mol. The number of piperidine rings is 1. The van der Waals surface area contributed by atoms with Crippen molar-refractivity contribution in [3.05, 3.63) is 29.3 Å². The van der Waals surface area contributed by atoms with Gasteiger partial charge in [-0.15, -0.1) is 11.8 Å². The molecule has 1 aromatic rings. The van der Waals surface area contributed by atoms with Gasteiger partial charge in [-0.3, -0.25) is 0 Å². The van der Waals surface area contributed by atoms with Gasteiger partial charge in [0, 0.05) is 10.1 Å². The van der Waals surface area contributed by atoms with Crippen LogP contribution in [0.2, 0.25) is 0 Å². The minimum atomic E-state index is 0.777. The Morgan fingerprint density at radius 2 is 2.12 bits per heavy atom. The molecule has 1 saturated heterocycles. The predicted molar refractivity (Wildman–Crippen MR) is 74.8 cm³/mol. The molecule has 2 aliphatic rings. The summed E-state index contributed by atoms with van der Waals surface area (Å²) in [5, 5.41) is 4.23. The van der Waals surface area contributed by atoms with E-state index in [-0.39, 0.29) is 0 Å². The summed E-state index contributed by atoms with van der Waals surface area (Å²) in [6.07, 6.45) is 5.26. The molecule has 0 amide bonds. The first-order valence-corrected chi connectivity index (χ1v) is 7.69. The monoisotopic (exact) mass is 247 g/mol. The fourth-order valence-corrected chi connectivity index (χ4v) is 4.33. The summed E-state index contributed by atoms with van der Waals surface area (Å²) in [5.41, 5.74) is 3.21. The Labute approximate surface area is 108 Å². The lowest BCUT2D eigenvalue weighted by Gasteiger charge is -2.23. The van der Waals surface area contributed by atoms with Gasteiger partial charge in [-0.2, -0.15) is 0 Å². The van der Waals surface area contributed by atoms with Crippen LogP contribution in [-0.2, 0) is 12.8 Å². The zero-order valence-electron chi connectivity index (χ0n) is 10.5. The van der Waals surface area contributed by atoms with Gasteiger partial charge in [-0.25, -0.2) is 0 Å². The summed E-state index contributed by atoms with van der Waals surface area (Å²) in [7, 11) is 0. The zero-order chi connectivity index (χ0) is 11.7. The lowest BCUT2D eigenvalue weighted by molar-refractivity contribution is 0.371. The van der Waals surface area contributed by atoms with Crippen molar-refractivity contribution < 1.29 is 0 Å². The molecule has 3 rings (SSSR count). The first-order chi connectivity index (χ1) is 8.33. The third kappa shape index (κ3) is 2.53. The van der Waals surface area contributed by atoms with Crippen LogP contribution < -0.4 is 5.32 Å². The molecule has 1 unspecified atom stereocenters. The number of fused-ring (bicyclic) bond motifs is 1. The number of hydrogen-bond donors (Lipinski definition) is 1. The van der Waals surface area contributed by atoms with Gasteiger partial charge in [0.2, 0.25) is 0 Å². The van der Waals surface area contributed by atoms with Crippen LogP contribution in [0.25, 0.3) is 0 Å². The normalized spacial score (nSPS) is 24.9. The standard InChI is InChI=1S/C15H21NS/c1-11-9-13-3-2-4-14(15(13)17-11)10-12-5-7-16-8-6-12/h2-4,11-12,16H,5-10H2,1H3. The number of rotatable bonds is 2. The van der Waals surface area contributed by atoms with Gasteiger partial charge in [0.05, 0.1) is 0 Å². The van der Waals surface area contributed by atoms with Crippen LogP contribution in [-0.4, -0.2) is 18.3 Å². The van der Waals surface area contributed by atoms with E-state index in [4.69, 9.17) is 0 Å². The van der Waals surface area contributed by atoms with Crippen molar-refractivity contribution in [2.45, 2.75) is 42.8 Å².